The van der Waals surface area contributed by atoms with Crippen molar-refractivity contribution in [1.29, 1.82) is 0 Å². The van der Waals surface area contributed by atoms with E-state index < -0.39 is 54.0 Å². The van der Waals surface area contributed by atoms with Crippen LogP contribution in [0, 0.1) is 5.92 Å². The van der Waals surface area contributed by atoms with Crippen molar-refractivity contribution in [2.24, 2.45) is 11.7 Å². The zero-order valence-corrected chi connectivity index (χ0v) is 22.0. The molecule has 6 unspecified atom stereocenters. The number of amides is 3. The van der Waals surface area contributed by atoms with Gasteiger partial charge in [-0.3, -0.25) is 14.4 Å². The number of aliphatic hydroxyl groups excluding tert-OH is 1. The number of hydrogen-bond acceptors (Lipinski definition) is 6. The monoisotopic (exact) mass is 526 g/mol. The van der Waals surface area contributed by atoms with Crippen LogP contribution in [-0.2, 0) is 32.0 Å². The number of carbonyl (C=O) groups is 4. The molecule has 2 aromatic rings. The molecule has 0 bridgehead atoms. The highest BCUT2D eigenvalue weighted by molar-refractivity contribution is 5.94. The van der Waals surface area contributed by atoms with Crippen LogP contribution < -0.4 is 21.7 Å². The molecule has 6 atom stereocenters. The van der Waals surface area contributed by atoms with Gasteiger partial charge >= 0.3 is 5.97 Å². The fraction of sp³-hybridized carbons (Fsp3) is 0.429. The predicted molar refractivity (Wildman–Crippen MR) is 143 cm³/mol. The fourth-order valence-electron chi connectivity index (χ4n) is 3.88. The molecule has 0 aromatic heterocycles. The normalized spacial score (nSPS) is 15.7. The number of rotatable bonds is 14. The lowest BCUT2D eigenvalue weighted by Crippen LogP contribution is -2.61. The Morgan fingerprint density at radius 3 is 1.71 bits per heavy atom. The maximum Gasteiger partial charge on any atom is 0.326 e. The van der Waals surface area contributed by atoms with Crippen LogP contribution in [0.1, 0.15) is 38.3 Å². The van der Waals surface area contributed by atoms with Crippen molar-refractivity contribution in [3.63, 3.8) is 0 Å². The van der Waals surface area contributed by atoms with Crippen molar-refractivity contribution < 1.29 is 29.4 Å². The summed E-state index contributed by atoms with van der Waals surface area (Å²) in [5.74, 6) is -3.64. The van der Waals surface area contributed by atoms with Gasteiger partial charge in [-0.25, -0.2) is 4.79 Å². The first-order valence-corrected chi connectivity index (χ1v) is 12.7. The predicted octanol–water partition coefficient (Wildman–Crippen LogP) is 0.765. The van der Waals surface area contributed by atoms with Crippen LogP contribution >= 0.6 is 0 Å². The van der Waals surface area contributed by atoms with Gasteiger partial charge in [-0.2, -0.15) is 0 Å². The largest absolute Gasteiger partial charge is 0.480 e. The van der Waals surface area contributed by atoms with E-state index in [1.807, 2.05) is 37.3 Å². The number of benzene rings is 2. The SMILES string of the molecule is CCC(C)C(NC(=O)C(N)Cc1ccccc1)C(=O)NC(C(=O)NC(Cc1ccccc1)C(=O)O)C(C)O. The van der Waals surface area contributed by atoms with Gasteiger partial charge in [-0.05, 0) is 30.4 Å². The molecule has 0 aliphatic rings. The quantitative estimate of drug-likeness (QED) is 0.211. The van der Waals surface area contributed by atoms with E-state index in [-0.39, 0.29) is 18.8 Å². The molecule has 0 fully saturated rings. The van der Waals surface area contributed by atoms with Crippen molar-refractivity contribution in [2.75, 3.05) is 0 Å². The fourth-order valence-corrected chi connectivity index (χ4v) is 3.88. The zero-order valence-electron chi connectivity index (χ0n) is 22.0. The molecule has 0 spiro atoms. The van der Waals surface area contributed by atoms with E-state index in [0.717, 1.165) is 5.56 Å². The summed E-state index contributed by atoms with van der Waals surface area (Å²) >= 11 is 0. The first kappa shape index (κ1) is 30.5. The second-order valence-corrected chi connectivity index (χ2v) is 9.48. The third-order valence-electron chi connectivity index (χ3n) is 6.39. The molecular weight excluding hydrogens is 488 g/mol. The van der Waals surface area contributed by atoms with Crippen LogP contribution in [0.25, 0.3) is 0 Å². The van der Waals surface area contributed by atoms with E-state index in [9.17, 15) is 29.4 Å². The van der Waals surface area contributed by atoms with Crippen molar-refractivity contribution in [1.82, 2.24) is 16.0 Å². The van der Waals surface area contributed by atoms with E-state index in [2.05, 4.69) is 16.0 Å². The summed E-state index contributed by atoms with van der Waals surface area (Å²) in [6.07, 6.45) is -0.500. The number of aliphatic carboxylic acids is 1. The second-order valence-electron chi connectivity index (χ2n) is 9.48. The Morgan fingerprint density at radius 1 is 0.763 bits per heavy atom. The highest BCUT2D eigenvalue weighted by atomic mass is 16.4. The number of hydrogen-bond donors (Lipinski definition) is 6. The lowest BCUT2D eigenvalue weighted by atomic mass is 9.96. The molecule has 3 amide bonds. The van der Waals surface area contributed by atoms with E-state index in [4.69, 9.17) is 5.73 Å². The van der Waals surface area contributed by atoms with Gasteiger partial charge in [0.2, 0.25) is 17.7 Å². The summed E-state index contributed by atoms with van der Waals surface area (Å²) in [6, 6.07) is 13.3. The van der Waals surface area contributed by atoms with Gasteiger partial charge < -0.3 is 31.9 Å². The second kappa shape index (κ2) is 14.8. The topological polar surface area (TPSA) is 171 Å². The van der Waals surface area contributed by atoms with Crippen LogP contribution in [-0.4, -0.2) is 64.2 Å². The molecular formula is C28H38N4O6. The Balaban J connectivity index is 2.10. The molecule has 206 valence electrons. The van der Waals surface area contributed by atoms with E-state index in [0.29, 0.717) is 12.0 Å². The summed E-state index contributed by atoms with van der Waals surface area (Å²) in [5.41, 5.74) is 7.65. The Bertz CT molecular complexity index is 1060. The smallest absolute Gasteiger partial charge is 0.326 e. The zero-order chi connectivity index (χ0) is 28.2. The Morgan fingerprint density at radius 2 is 1.24 bits per heavy atom. The average molecular weight is 527 g/mol. The number of carbonyl (C=O) groups excluding carboxylic acids is 3. The highest BCUT2D eigenvalue weighted by Gasteiger charge is 2.34. The van der Waals surface area contributed by atoms with Gasteiger partial charge in [0.15, 0.2) is 0 Å². The number of carboxylic acid groups (broad SMARTS) is 1. The minimum Gasteiger partial charge on any atom is -0.480 e. The van der Waals surface area contributed by atoms with Crippen LogP contribution in [0.15, 0.2) is 60.7 Å². The minimum atomic E-state index is -1.44. The van der Waals surface area contributed by atoms with Crippen molar-refractivity contribution >= 4 is 23.7 Å². The molecule has 2 rings (SSSR count). The summed E-state index contributed by atoms with van der Waals surface area (Å²) in [6.45, 7) is 4.93. The highest BCUT2D eigenvalue weighted by Crippen LogP contribution is 2.11. The summed E-state index contributed by atoms with van der Waals surface area (Å²) in [5, 5.41) is 27.4. The third-order valence-corrected chi connectivity index (χ3v) is 6.39. The van der Waals surface area contributed by atoms with Gasteiger partial charge in [0.05, 0.1) is 12.1 Å². The van der Waals surface area contributed by atoms with E-state index in [1.54, 1.807) is 37.3 Å². The maximum absolute atomic E-state index is 13.2. The van der Waals surface area contributed by atoms with Crippen LogP contribution in [0.2, 0.25) is 0 Å². The Hall–Kier alpha value is -3.76. The van der Waals surface area contributed by atoms with Gasteiger partial charge in [0.25, 0.3) is 0 Å². The summed E-state index contributed by atoms with van der Waals surface area (Å²) in [4.78, 5) is 50.8. The molecule has 0 aliphatic carbocycles. The lowest BCUT2D eigenvalue weighted by Gasteiger charge is -2.29. The van der Waals surface area contributed by atoms with Gasteiger partial charge in [-0.15, -0.1) is 0 Å². The van der Waals surface area contributed by atoms with Crippen LogP contribution in [0.5, 0.6) is 0 Å². The Kier molecular flexibility index (Phi) is 11.9. The molecule has 10 nitrogen and oxygen atoms in total. The van der Waals surface area contributed by atoms with Crippen molar-refractivity contribution in [3.05, 3.63) is 71.8 Å². The molecule has 0 aliphatic heterocycles. The van der Waals surface area contributed by atoms with Gasteiger partial charge in [0.1, 0.15) is 18.1 Å². The number of nitrogens with one attached hydrogen (secondary N) is 3. The average Bonchev–Trinajstić information content (AvgIpc) is 2.90. The lowest BCUT2D eigenvalue weighted by molar-refractivity contribution is -0.143. The molecule has 2 aromatic carbocycles. The van der Waals surface area contributed by atoms with Crippen molar-refractivity contribution in [3.8, 4) is 0 Å². The molecule has 10 heteroatoms. The maximum atomic E-state index is 13.2. The molecule has 0 heterocycles. The van der Waals surface area contributed by atoms with Gasteiger partial charge in [0, 0.05) is 6.42 Å². The van der Waals surface area contributed by atoms with Crippen LogP contribution in [0.4, 0.5) is 0 Å². The van der Waals surface area contributed by atoms with E-state index in [1.165, 1.54) is 6.92 Å². The first-order valence-electron chi connectivity index (χ1n) is 12.7. The third kappa shape index (κ3) is 9.28. The first-order chi connectivity index (χ1) is 18.0. The minimum absolute atomic E-state index is 0.0211. The molecule has 0 radical (unpaired) electrons. The molecule has 0 saturated heterocycles. The molecule has 38 heavy (non-hydrogen) atoms. The van der Waals surface area contributed by atoms with Crippen LogP contribution in [0.3, 0.4) is 0 Å². The summed E-state index contributed by atoms with van der Waals surface area (Å²) in [7, 11) is 0. The molecule has 0 saturated carbocycles. The van der Waals surface area contributed by atoms with Crippen molar-refractivity contribution in [2.45, 2.75) is 70.3 Å². The number of nitrogens with two attached hydrogens (primary N) is 1. The number of carboxylic acids is 1. The number of aliphatic hydroxyl groups is 1. The summed E-state index contributed by atoms with van der Waals surface area (Å²) < 4.78 is 0. The van der Waals surface area contributed by atoms with Gasteiger partial charge in [-0.1, -0.05) is 80.9 Å². The standard InChI is InChI=1S/C28H38N4O6/c1-4-17(2)23(31-25(34)21(29)15-19-11-7-5-8-12-19)26(35)32-24(18(3)33)27(36)30-22(28(37)38)16-20-13-9-6-10-14-20/h5-14,17-18,21-24,33H,4,15-16,29H2,1-3H3,(H,30,36)(H,31,34)(H,32,35)(H,37,38). The Labute approximate surface area is 223 Å². The molecule has 7 N–H and O–H groups in total. The van der Waals surface area contributed by atoms with E-state index >= 15 is 0 Å².